The second-order valence-corrected chi connectivity index (χ2v) is 7.80. The first-order chi connectivity index (χ1) is 14.1. The molecule has 0 aliphatic carbocycles. The van der Waals surface area contributed by atoms with Crippen molar-refractivity contribution < 1.29 is 14.3 Å². The predicted molar refractivity (Wildman–Crippen MR) is 113 cm³/mol. The van der Waals surface area contributed by atoms with E-state index in [1.54, 1.807) is 4.90 Å². The number of carbonyl (C=O) groups excluding carboxylic acids is 2. The number of nitrogens with zero attached hydrogens (tertiary/aromatic N) is 1. The zero-order valence-corrected chi connectivity index (χ0v) is 17.2. The van der Waals surface area contributed by atoms with Gasteiger partial charge in [0, 0.05) is 25.6 Å². The molecule has 0 unspecified atom stereocenters. The molecule has 1 aliphatic heterocycles. The number of hydrogen-bond donors (Lipinski definition) is 1. The third kappa shape index (κ3) is 5.67. The molecule has 2 aromatic carbocycles. The highest BCUT2D eigenvalue weighted by Gasteiger charge is 2.33. The zero-order valence-electron chi connectivity index (χ0n) is 17.2. The summed E-state index contributed by atoms with van der Waals surface area (Å²) in [6, 6.07) is 18.6. The third-order valence-electron chi connectivity index (χ3n) is 5.18. The summed E-state index contributed by atoms with van der Waals surface area (Å²) in [5.74, 6) is -0.428. The quantitative estimate of drug-likeness (QED) is 0.743. The van der Waals surface area contributed by atoms with Gasteiger partial charge in [-0.1, -0.05) is 74.5 Å². The molecule has 5 nitrogen and oxygen atoms in total. The zero-order chi connectivity index (χ0) is 20.6. The molecule has 154 valence electrons. The first kappa shape index (κ1) is 21.1. The Balaban J connectivity index is 1.88. The van der Waals surface area contributed by atoms with Gasteiger partial charge in [-0.05, 0) is 24.0 Å². The second-order valence-electron chi connectivity index (χ2n) is 7.80. The Morgan fingerprint density at radius 1 is 1.07 bits per heavy atom. The average Bonchev–Trinajstić information content (AvgIpc) is 3.26. The van der Waals surface area contributed by atoms with Gasteiger partial charge < -0.3 is 15.0 Å². The van der Waals surface area contributed by atoms with Crippen molar-refractivity contribution in [1.29, 1.82) is 0 Å². The van der Waals surface area contributed by atoms with Crippen molar-refractivity contribution in [3.05, 3.63) is 71.8 Å². The maximum absolute atomic E-state index is 13.3. The minimum absolute atomic E-state index is 0.0463. The summed E-state index contributed by atoms with van der Waals surface area (Å²) >= 11 is 0. The first-order valence-corrected chi connectivity index (χ1v) is 10.3. The molecular formula is C24H30N2O3. The van der Waals surface area contributed by atoms with Crippen LogP contribution in [0.1, 0.15) is 43.9 Å². The van der Waals surface area contributed by atoms with Crippen LogP contribution in [0.5, 0.6) is 0 Å². The number of amides is 2. The highest BCUT2D eigenvalue weighted by Crippen LogP contribution is 2.26. The van der Waals surface area contributed by atoms with Crippen LogP contribution in [0.25, 0.3) is 0 Å². The van der Waals surface area contributed by atoms with Crippen molar-refractivity contribution in [2.75, 3.05) is 13.2 Å². The Hall–Kier alpha value is -2.66. The van der Waals surface area contributed by atoms with Gasteiger partial charge in [0.2, 0.25) is 11.8 Å². The normalized spacial score (nSPS) is 17.1. The van der Waals surface area contributed by atoms with Crippen molar-refractivity contribution in [2.24, 2.45) is 5.92 Å². The Kier molecular flexibility index (Phi) is 7.42. The van der Waals surface area contributed by atoms with Gasteiger partial charge in [-0.25, -0.2) is 0 Å². The lowest BCUT2D eigenvalue weighted by Gasteiger charge is -2.33. The van der Waals surface area contributed by atoms with E-state index >= 15 is 0 Å². The number of hydrogen-bond acceptors (Lipinski definition) is 3. The smallest absolute Gasteiger partial charge is 0.247 e. The molecule has 2 amide bonds. The number of nitrogens with one attached hydrogen (secondary N) is 1. The number of ether oxygens (including phenoxy) is 1. The fourth-order valence-corrected chi connectivity index (χ4v) is 3.63. The molecule has 1 aliphatic rings. The highest BCUT2D eigenvalue weighted by molar-refractivity contribution is 5.89. The van der Waals surface area contributed by atoms with Crippen LogP contribution in [0, 0.1) is 5.92 Å². The van der Waals surface area contributed by atoms with E-state index in [-0.39, 0.29) is 23.8 Å². The van der Waals surface area contributed by atoms with Gasteiger partial charge in [0.15, 0.2) is 0 Å². The number of carbonyl (C=O) groups is 2. The number of benzene rings is 2. The topological polar surface area (TPSA) is 58.6 Å². The monoisotopic (exact) mass is 394 g/mol. The second kappa shape index (κ2) is 10.2. The van der Waals surface area contributed by atoms with Crippen LogP contribution in [0.4, 0.5) is 0 Å². The molecule has 0 aromatic heterocycles. The molecular weight excluding hydrogens is 364 g/mol. The van der Waals surface area contributed by atoms with Crippen LogP contribution >= 0.6 is 0 Å². The first-order valence-electron chi connectivity index (χ1n) is 10.3. The van der Waals surface area contributed by atoms with E-state index in [1.165, 1.54) is 0 Å². The van der Waals surface area contributed by atoms with Gasteiger partial charge in [0.1, 0.15) is 6.04 Å². The summed E-state index contributed by atoms with van der Waals surface area (Å²) < 4.78 is 5.64. The molecule has 1 N–H and O–H groups in total. The van der Waals surface area contributed by atoms with Crippen molar-refractivity contribution >= 4 is 11.8 Å². The van der Waals surface area contributed by atoms with E-state index in [0.717, 1.165) is 30.6 Å². The molecule has 1 saturated heterocycles. The van der Waals surface area contributed by atoms with Gasteiger partial charge in [-0.15, -0.1) is 0 Å². The van der Waals surface area contributed by atoms with Crippen molar-refractivity contribution in [2.45, 2.75) is 45.4 Å². The highest BCUT2D eigenvalue weighted by atomic mass is 16.5. The Morgan fingerprint density at radius 2 is 1.72 bits per heavy atom. The fraction of sp³-hybridized carbons (Fsp3) is 0.417. The van der Waals surface area contributed by atoms with E-state index in [4.69, 9.17) is 4.74 Å². The largest absolute Gasteiger partial charge is 0.376 e. The summed E-state index contributed by atoms with van der Waals surface area (Å²) in [5.41, 5.74) is 1.80. The van der Waals surface area contributed by atoms with Crippen LogP contribution in [0.2, 0.25) is 0 Å². The molecule has 5 heteroatoms. The minimum Gasteiger partial charge on any atom is -0.376 e. The number of rotatable bonds is 8. The predicted octanol–water partition coefficient (Wildman–Crippen LogP) is 3.71. The summed E-state index contributed by atoms with van der Waals surface area (Å²) in [6.45, 7) is 5.33. The molecule has 2 aromatic rings. The summed E-state index contributed by atoms with van der Waals surface area (Å²) in [5, 5.41) is 3.03. The molecule has 1 heterocycles. The molecule has 29 heavy (non-hydrogen) atoms. The standard InChI is InChI=1S/C24H30N2O3/c1-18(2)24(28)26(17-19-10-5-3-6-11-19)22(20-12-7-4-8-13-20)23(27)25-16-21-14-9-15-29-21/h3-8,10-13,18,21-22H,9,14-17H2,1-2H3,(H,25,27)/t21-,22-/m0/s1. The van der Waals surface area contributed by atoms with Gasteiger partial charge in [-0.3, -0.25) is 9.59 Å². The van der Waals surface area contributed by atoms with Gasteiger partial charge >= 0.3 is 0 Å². The van der Waals surface area contributed by atoms with E-state index in [2.05, 4.69) is 5.32 Å². The average molecular weight is 395 g/mol. The van der Waals surface area contributed by atoms with E-state index in [1.807, 2.05) is 74.5 Å². The molecule has 0 radical (unpaired) electrons. The maximum atomic E-state index is 13.3. The Labute approximate surface area is 173 Å². The molecule has 1 fully saturated rings. The Morgan fingerprint density at radius 3 is 2.31 bits per heavy atom. The van der Waals surface area contributed by atoms with Gasteiger partial charge in [0.25, 0.3) is 0 Å². The lowest BCUT2D eigenvalue weighted by atomic mass is 10.0. The van der Waals surface area contributed by atoms with Crippen molar-refractivity contribution in [1.82, 2.24) is 10.2 Å². The molecule has 3 rings (SSSR count). The van der Waals surface area contributed by atoms with Crippen LogP contribution in [-0.2, 0) is 20.9 Å². The molecule has 2 atom stereocenters. The van der Waals surface area contributed by atoms with E-state index in [0.29, 0.717) is 13.1 Å². The molecule has 0 saturated carbocycles. The lowest BCUT2D eigenvalue weighted by molar-refractivity contribution is -0.144. The Bertz CT molecular complexity index is 786. The summed E-state index contributed by atoms with van der Waals surface area (Å²) in [4.78, 5) is 28.1. The summed E-state index contributed by atoms with van der Waals surface area (Å²) in [7, 11) is 0. The maximum Gasteiger partial charge on any atom is 0.247 e. The molecule has 0 spiro atoms. The SMILES string of the molecule is CC(C)C(=O)N(Cc1ccccc1)[C@H](C(=O)NC[C@@H]1CCCO1)c1ccccc1. The van der Waals surface area contributed by atoms with Crippen LogP contribution in [0.3, 0.4) is 0 Å². The van der Waals surface area contributed by atoms with Crippen LogP contribution in [-0.4, -0.2) is 36.0 Å². The lowest BCUT2D eigenvalue weighted by Crippen LogP contribution is -2.46. The summed E-state index contributed by atoms with van der Waals surface area (Å²) in [6.07, 6.45) is 2.03. The fourth-order valence-electron chi connectivity index (χ4n) is 3.63. The van der Waals surface area contributed by atoms with Crippen molar-refractivity contribution in [3.63, 3.8) is 0 Å². The van der Waals surface area contributed by atoms with Crippen molar-refractivity contribution in [3.8, 4) is 0 Å². The van der Waals surface area contributed by atoms with Crippen LogP contribution < -0.4 is 5.32 Å². The van der Waals surface area contributed by atoms with Gasteiger partial charge in [-0.2, -0.15) is 0 Å². The van der Waals surface area contributed by atoms with Gasteiger partial charge in [0.05, 0.1) is 6.10 Å². The van der Waals surface area contributed by atoms with E-state index < -0.39 is 6.04 Å². The molecule has 0 bridgehead atoms. The third-order valence-corrected chi connectivity index (χ3v) is 5.18. The minimum atomic E-state index is -0.687. The van der Waals surface area contributed by atoms with E-state index in [9.17, 15) is 9.59 Å². The van der Waals surface area contributed by atoms with Crippen LogP contribution in [0.15, 0.2) is 60.7 Å².